The van der Waals surface area contributed by atoms with Crippen molar-refractivity contribution in [2.45, 2.75) is 6.17 Å². The first-order valence-corrected chi connectivity index (χ1v) is 2.50. The Balaban J connectivity index is 2.40. The van der Waals surface area contributed by atoms with E-state index < -0.39 is 0 Å². The lowest BCUT2D eigenvalue weighted by atomic mass is 10.6. The lowest BCUT2D eigenvalue weighted by Gasteiger charge is -1.95. The topological polar surface area (TPSA) is 50.1 Å². The largest absolute Gasteiger partial charge is 0.359 e. The van der Waals surface area contributed by atoms with Gasteiger partial charge in [-0.2, -0.15) is 0 Å². The number of nitrogens with one attached hydrogen (secondary N) is 2. The molecule has 1 unspecified atom stereocenters. The van der Waals surface area contributed by atoms with Crippen LogP contribution in [0.1, 0.15) is 0 Å². The summed E-state index contributed by atoms with van der Waals surface area (Å²) in [5.74, 6) is 0. The molecule has 40 valence electrons. The van der Waals surface area contributed by atoms with Crippen molar-refractivity contribution in [1.82, 2.24) is 10.6 Å². The molecule has 1 aliphatic heterocycles. The van der Waals surface area contributed by atoms with Crippen LogP contribution in [0.2, 0.25) is 0 Å². The van der Waals surface area contributed by atoms with Gasteiger partial charge in [0.1, 0.15) is 0 Å². The maximum absolute atomic E-state index is 5.36. The highest BCUT2D eigenvalue weighted by molar-refractivity contribution is 7.80. The Morgan fingerprint density at radius 2 is 2.57 bits per heavy atom. The summed E-state index contributed by atoms with van der Waals surface area (Å²) in [5, 5.41) is 6.34. The summed E-state index contributed by atoms with van der Waals surface area (Å²) in [6.07, 6.45) is 0.0208. The number of hydrogen-bond donors (Lipinski definition) is 3. The van der Waals surface area contributed by atoms with Gasteiger partial charge in [0.2, 0.25) is 0 Å². The average Bonchev–Trinajstić information content (AvgIpc) is 1.87. The molecule has 0 aromatic rings. The number of nitrogens with two attached hydrogens (primary N) is 1. The highest BCUT2D eigenvalue weighted by Gasteiger charge is 2.10. The first kappa shape index (κ1) is 4.80. The van der Waals surface area contributed by atoms with Gasteiger partial charge in [-0.25, -0.2) is 0 Å². The minimum absolute atomic E-state index is 0.0208. The predicted molar refractivity (Wildman–Crippen MR) is 31.7 cm³/mol. The van der Waals surface area contributed by atoms with Crippen LogP contribution in [0.25, 0.3) is 0 Å². The van der Waals surface area contributed by atoms with Crippen molar-refractivity contribution in [2.24, 2.45) is 5.73 Å². The molecule has 1 atom stereocenters. The Morgan fingerprint density at radius 3 is 2.71 bits per heavy atom. The van der Waals surface area contributed by atoms with Gasteiger partial charge >= 0.3 is 0 Å². The van der Waals surface area contributed by atoms with Crippen LogP contribution in [-0.4, -0.2) is 17.8 Å². The van der Waals surface area contributed by atoms with Gasteiger partial charge in [-0.1, -0.05) is 0 Å². The van der Waals surface area contributed by atoms with Crippen LogP contribution in [-0.2, 0) is 0 Å². The van der Waals surface area contributed by atoms with Crippen LogP contribution in [0.4, 0.5) is 0 Å². The fraction of sp³-hybridized carbons (Fsp3) is 0.667. The van der Waals surface area contributed by atoms with Crippen LogP contribution in [0.5, 0.6) is 0 Å². The second kappa shape index (κ2) is 1.63. The third-order valence-electron chi connectivity index (χ3n) is 0.799. The molecule has 0 amide bonds. The smallest absolute Gasteiger partial charge is 0.167 e. The van der Waals surface area contributed by atoms with Gasteiger partial charge in [0.05, 0.1) is 12.7 Å². The molecule has 4 heteroatoms. The molecule has 0 spiro atoms. The van der Waals surface area contributed by atoms with Crippen molar-refractivity contribution in [3.63, 3.8) is 0 Å². The first-order valence-electron chi connectivity index (χ1n) is 2.09. The fourth-order valence-electron chi connectivity index (χ4n) is 0.473. The summed E-state index contributed by atoms with van der Waals surface area (Å²) in [5.41, 5.74) is 5.36. The van der Waals surface area contributed by atoms with E-state index in [0.717, 1.165) is 6.54 Å². The quantitative estimate of drug-likeness (QED) is 0.347. The molecule has 0 aromatic carbocycles. The van der Waals surface area contributed by atoms with E-state index in [1.807, 2.05) is 0 Å². The molecule has 0 bridgehead atoms. The van der Waals surface area contributed by atoms with Gasteiger partial charge in [0, 0.05) is 0 Å². The van der Waals surface area contributed by atoms with Gasteiger partial charge in [-0.05, 0) is 12.2 Å². The predicted octanol–water partition coefficient (Wildman–Crippen LogP) is -1.25. The van der Waals surface area contributed by atoms with Gasteiger partial charge in [-0.3, -0.25) is 0 Å². The summed E-state index contributed by atoms with van der Waals surface area (Å²) in [6.45, 7) is 0.749. The summed E-state index contributed by atoms with van der Waals surface area (Å²) < 4.78 is 0. The van der Waals surface area contributed by atoms with Crippen LogP contribution in [0, 0.1) is 0 Å². The molecule has 0 radical (unpaired) electrons. The van der Waals surface area contributed by atoms with E-state index in [9.17, 15) is 0 Å². The van der Waals surface area contributed by atoms with Gasteiger partial charge in [0.25, 0.3) is 0 Å². The van der Waals surface area contributed by atoms with Crippen LogP contribution >= 0.6 is 12.2 Å². The Kier molecular flexibility index (Phi) is 1.12. The van der Waals surface area contributed by atoms with E-state index >= 15 is 0 Å². The molecule has 0 aromatic heterocycles. The zero-order valence-corrected chi connectivity index (χ0v) is 4.59. The third-order valence-corrected chi connectivity index (χ3v) is 1.06. The minimum Gasteiger partial charge on any atom is -0.359 e. The molecule has 1 aliphatic rings. The summed E-state index contributed by atoms with van der Waals surface area (Å²) in [7, 11) is 0. The van der Waals surface area contributed by atoms with Crippen molar-refractivity contribution in [3.05, 3.63) is 0 Å². The molecule has 1 heterocycles. The molecular weight excluding hydrogens is 110 g/mol. The van der Waals surface area contributed by atoms with E-state index in [2.05, 4.69) is 10.6 Å². The highest BCUT2D eigenvalue weighted by atomic mass is 32.1. The number of hydrogen-bond acceptors (Lipinski definition) is 2. The summed E-state index contributed by atoms with van der Waals surface area (Å²) in [6, 6.07) is 0. The van der Waals surface area contributed by atoms with Crippen LogP contribution in [0.15, 0.2) is 0 Å². The molecule has 7 heavy (non-hydrogen) atoms. The Hall–Kier alpha value is -0.350. The number of thiocarbonyl (C=S) groups is 1. The zero-order chi connectivity index (χ0) is 5.28. The summed E-state index contributed by atoms with van der Waals surface area (Å²) in [4.78, 5) is 0. The molecule has 1 saturated heterocycles. The highest BCUT2D eigenvalue weighted by Crippen LogP contribution is 1.79. The summed E-state index contributed by atoms with van der Waals surface area (Å²) >= 11 is 4.69. The van der Waals surface area contributed by atoms with Crippen molar-refractivity contribution >= 4 is 17.3 Å². The van der Waals surface area contributed by atoms with Crippen molar-refractivity contribution < 1.29 is 0 Å². The van der Waals surface area contributed by atoms with E-state index in [4.69, 9.17) is 18.0 Å². The van der Waals surface area contributed by atoms with Crippen LogP contribution in [0.3, 0.4) is 0 Å². The Morgan fingerprint density at radius 1 is 1.86 bits per heavy atom. The number of rotatable bonds is 0. The van der Waals surface area contributed by atoms with Crippen LogP contribution < -0.4 is 16.4 Å². The zero-order valence-electron chi connectivity index (χ0n) is 3.77. The lowest BCUT2D eigenvalue weighted by Crippen LogP contribution is -2.34. The van der Waals surface area contributed by atoms with Crippen molar-refractivity contribution in [3.8, 4) is 0 Å². The maximum atomic E-state index is 5.36. The Labute approximate surface area is 47.3 Å². The lowest BCUT2D eigenvalue weighted by molar-refractivity contribution is 0.690. The maximum Gasteiger partial charge on any atom is 0.167 e. The van der Waals surface area contributed by atoms with Gasteiger partial charge in [0.15, 0.2) is 5.11 Å². The minimum atomic E-state index is 0.0208. The fourth-order valence-corrected chi connectivity index (χ4v) is 0.708. The molecular formula is C3H7N3S. The van der Waals surface area contributed by atoms with Crippen molar-refractivity contribution in [2.75, 3.05) is 6.54 Å². The molecule has 1 rings (SSSR count). The third kappa shape index (κ3) is 1.01. The van der Waals surface area contributed by atoms with Gasteiger partial charge in [-0.15, -0.1) is 0 Å². The van der Waals surface area contributed by atoms with E-state index in [1.54, 1.807) is 0 Å². The van der Waals surface area contributed by atoms with E-state index in [-0.39, 0.29) is 6.17 Å². The standard InChI is InChI=1S/C3H7N3S/c4-2-1-5-3(7)6-2/h2H,1,4H2,(H2,5,6,7). The second-order valence-electron chi connectivity index (χ2n) is 1.46. The molecule has 0 saturated carbocycles. The first-order chi connectivity index (χ1) is 3.29. The molecule has 4 N–H and O–H groups in total. The second-order valence-corrected chi connectivity index (χ2v) is 1.87. The normalized spacial score (nSPS) is 29.3. The average molecular weight is 117 g/mol. The molecule has 0 aliphatic carbocycles. The van der Waals surface area contributed by atoms with E-state index in [1.165, 1.54) is 0 Å². The molecule has 3 nitrogen and oxygen atoms in total. The molecule has 1 fully saturated rings. The Bertz CT molecular complexity index is 92.2. The van der Waals surface area contributed by atoms with E-state index in [0.29, 0.717) is 5.11 Å². The van der Waals surface area contributed by atoms with Crippen molar-refractivity contribution in [1.29, 1.82) is 0 Å². The monoisotopic (exact) mass is 117 g/mol. The SMILES string of the molecule is NC1CNC(=S)N1. The van der Waals surface area contributed by atoms with Gasteiger partial charge < -0.3 is 16.4 Å².